The fourth-order valence-electron chi connectivity index (χ4n) is 2.32. The molecular formula is C18H24N2O2S. The van der Waals surface area contributed by atoms with Crippen LogP contribution in [0.15, 0.2) is 29.4 Å². The Kier molecular flexibility index (Phi) is 6.02. The summed E-state index contributed by atoms with van der Waals surface area (Å²) in [4.78, 5) is 17.2. The normalized spacial score (nSPS) is 12.4. The molecule has 1 unspecified atom stereocenters. The van der Waals surface area contributed by atoms with E-state index in [-0.39, 0.29) is 11.0 Å². The Morgan fingerprint density at radius 3 is 2.52 bits per heavy atom. The number of hydrogen-bond acceptors (Lipinski definition) is 4. The highest BCUT2D eigenvalue weighted by Crippen LogP contribution is 2.27. The fourth-order valence-corrected chi connectivity index (χ4v) is 3.43. The average Bonchev–Trinajstić information content (AvgIpc) is 2.79. The van der Waals surface area contributed by atoms with Crippen LogP contribution in [-0.2, 0) is 11.3 Å². The second kappa shape index (κ2) is 7.79. The summed E-state index contributed by atoms with van der Waals surface area (Å²) >= 11 is 1.51. The van der Waals surface area contributed by atoms with E-state index >= 15 is 0 Å². The predicted octanol–water partition coefficient (Wildman–Crippen LogP) is 3.82. The minimum Gasteiger partial charge on any atom is -0.383 e. The minimum atomic E-state index is -0.180. The van der Waals surface area contributed by atoms with Gasteiger partial charge in [0.1, 0.15) is 0 Å². The summed E-state index contributed by atoms with van der Waals surface area (Å²) in [5.74, 6) is 0.131. The average molecular weight is 332 g/mol. The third kappa shape index (κ3) is 4.24. The molecular weight excluding hydrogens is 308 g/mol. The molecule has 0 aliphatic heterocycles. The number of carbonyl (C=O) groups excluding carboxylic acids is 1. The first-order valence-corrected chi connectivity index (χ1v) is 8.62. The number of thioether (sulfide) groups is 1. The van der Waals surface area contributed by atoms with Crippen LogP contribution >= 0.6 is 11.8 Å². The number of aryl methyl sites for hydroxylation is 2. The molecule has 4 nitrogen and oxygen atoms in total. The molecule has 0 radical (unpaired) electrons. The number of imidazole rings is 1. The van der Waals surface area contributed by atoms with Gasteiger partial charge in [0.2, 0.25) is 0 Å². The van der Waals surface area contributed by atoms with Gasteiger partial charge in [-0.05, 0) is 27.7 Å². The molecule has 0 aliphatic rings. The van der Waals surface area contributed by atoms with Crippen LogP contribution in [0, 0.1) is 20.8 Å². The summed E-state index contributed by atoms with van der Waals surface area (Å²) in [6.07, 6.45) is 0. The SMILES string of the molecule is COCCn1c(SC(C)C(=O)c2ccc(C)cc2)nc(C)c1C. The zero-order chi connectivity index (χ0) is 17.0. The summed E-state index contributed by atoms with van der Waals surface area (Å²) in [6, 6.07) is 7.72. The van der Waals surface area contributed by atoms with Crippen molar-refractivity contribution >= 4 is 17.5 Å². The van der Waals surface area contributed by atoms with Crippen LogP contribution in [0.2, 0.25) is 0 Å². The molecule has 5 heteroatoms. The molecule has 124 valence electrons. The van der Waals surface area contributed by atoms with Crippen LogP contribution in [0.25, 0.3) is 0 Å². The van der Waals surface area contributed by atoms with Gasteiger partial charge in [-0.1, -0.05) is 41.6 Å². The maximum Gasteiger partial charge on any atom is 0.175 e. The van der Waals surface area contributed by atoms with E-state index in [1.165, 1.54) is 11.8 Å². The molecule has 0 saturated carbocycles. The highest BCUT2D eigenvalue weighted by Gasteiger charge is 2.20. The van der Waals surface area contributed by atoms with Crippen molar-refractivity contribution in [1.82, 2.24) is 9.55 Å². The Morgan fingerprint density at radius 1 is 1.26 bits per heavy atom. The molecule has 0 fully saturated rings. The van der Waals surface area contributed by atoms with E-state index in [0.717, 1.165) is 34.2 Å². The van der Waals surface area contributed by atoms with Crippen LogP contribution in [0.4, 0.5) is 0 Å². The lowest BCUT2D eigenvalue weighted by Gasteiger charge is -2.13. The summed E-state index contributed by atoms with van der Waals surface area (Å²) in [7, 11) is 1.69. The molecule has 2 aromatic rings. The molecule has 0 bridgehead atoms. The highest BCUT2D eigenvalue weighted by atomic mass is 32.2. The van der Waals surface area contributed by atoms with E-state index < -0.39 is 0 Å². The molecule has 23 heavy (non-hydrogen) atoms. The molecule has 2 rings (SSSR count). The van der Waals surface area contributed by atoms with Crippen molar-refractivity contribution in [2.45, 2.75) is 44.6 Å². The lowest BCUT2D eigenvalue weighted by molar-refractivity contribution is 0.0994. The topological polar surface area (TPSA) is 44.1 Å². The first kappa shape index (κ1) is 17.8. The number of methoxy groups -OCH3 is 1. The standard InChI is InChI=1S/C18H24N2O2S/c1-12-6-8-16(9-7-12)17(21)15(4)23-18-19-13(2)14(3)20(18)10-11-22-5/h6-9,15H,10-11H2,1-5H3. The quantitative estimate of drug-likeness (QED) is 0.571. The van der Waals surface area contributed by atoms with E-state index in [4.69, 9.17) is 4.74 Å². The van der Waals surface area contributed by atoms with Crippen molar-refractivity contribution < 1.29 is 9.53 Å². The lowest BCUT2D eigenvalue weighted by Crippen LogP contribution is -2.15. The van der Waals surface area contributed by atoms with E-state index in [1.54, 1.807) is 7.11 Å². The number of ether oxygens (including phenoxy) is 1. The monoisotopic (exact) mass is 332 g/mol. The first-order chi connectivity index (χ1) is 10.9. The van der Waals surface area contributed by atoms with Crippen LogP contribution in [0.5, 0.6) is 0 Å². The Morgan fingerprint density at radius 2 is 1.91 bits per heavy atom. The van der Waals surface area contributed by atoms with Crippen molar-refractivity contribution in [2.24, 2.45) is 0 Å². The number of benzene rings is 1. The lowest BCUT2D eigenvalue weighted by atomic mass is 10.1. The van der Waals surface area contributed by atoms with Gasteiger partial charge < -0.3 is 9.30 Å². The maximum atomic E-state index is 12.6. The smallest absolute Gasteiger partial charge is 0.175 e. The van der Waals surface area contributed by atoms with Gasteiger partial charge in [0, 0.05) is 24.9 Å². The van der Waals surface area contributed by atoms with Crippen LogP contribution < -0.4 is 0 Å². The number of hydrogen-bond donors (Lipinski definition) is 0. The minimum absolute atomic E-state index is 0.131. The Labute approximate surface area is 142 Å². The van der Waals surface area contributed by atoms with Gasteiger partial charge in [-0.2, -0.15) is 0 Å². The fraction of sp³-hybridized carbons (Fsp3) is 0.444. The zero-order valence-electron chi connectivity index (χ0n) is 14.4. The van der Waals surface area contributed by atoms with Crippen LogP contribution in [-0.4, -0.2) is 34.3 Å². The Hall–Kier alpha value is -1.59. The van der Waals surface area contributed by atoms with Crippen molar-refractivity contribution in [3.8, 4) is 0 Å². The molecule has 1 aromatic carbocycles. The highest BCUT2D eigenvalue weighted by molar-refractivity contribution is 8.00. The van der Waals surface area contributed by atoms with Crippen LogP contribution in [0.3, 0.4) is 0 Å². The predicted molar refractivity (Wildman–Crippen MR) is 94.4 cm³/mol. The van der Waals surface area contributed by atoms with Gasteiger partial charge in [0.25, 0.3) is 0 Å². The van der Waals surface area contributed by atoms with E-state index in [0.29, 0.717) is 6.61 Å². The molecule has 1 atom stereocenters. The maximum absolute atomic E-state index is 12.6. The summed E-state index contributed by atoms with van der Waals surface area (Å²) in [5, 5.41) is 0.699. The molecule has 1 aromatic heterocycles. The second-order valence-corrected chi connectivity index (χ2v) is 7.01. The number of nitrogens with zero attached hydrogens (tertiary/aromatic N) is 2. The first-order valence-electron chi connectivity index (χ1n) is 7.74. The van der Waals surface area contributed by atoms with Gasteiger partial charge in [0.15, 0.2) is 10.9 Å². The molecule has 1 heterocycles. The van der Waals surface area contributed by atoms with Crippen molar-refractivity contribution in [2.75, 3.05) is 13.7 Å². The Balaban J connectivity index is 2.16. The van der Waals surface area contributed by atoms with Gasteiger partial charge in [-0.15, -0.1) is 0 Å². The Bertz CT molecular complexity index is 677. The third-order valence-electron chi connectivity index (χ3n) is 3.93. The van der Waals surface area contributed by atoms with Gasteiger partial charge in [-0.25, -0.2) is 4.98 Å². The molecule has 0 spiro atoms. The zero-order valence-corrected chi connectivity index (χ0v) is 15.2. The van der Waals surface area contributed by atoms with Crippen molar-refractivity contribution in [3.63, 3.8) is 0 Å². The number of Topliss-reactive ketones (excluding diaryl/α,β-unsaturated/α-hetero) is 1. The van der Waals surface area contributed by atoms with Crippen molar-refractivity contribution in [1.29, 1.82) is 0 Å². The van der Waals surface area contributed by atoms with Crippen LogP contribution in [0.1, 0.15) is 34.2 Å². The summed E-state index contributed by atoms with van der Waals surface area (Å²) < 4.78 is 7.30. The largest absolute Gasteiger partial charge is 0.383 e. The van der Waals surface area contributed by atoms with Gasteiger partial charge in [-0.3, -0.25) is 4.79 Å². The molecule has 0 saturated heterocycles. The van der Waals surface area contributed by atoms with E-state index in [9.17, 15) is 4.79 Å². The third-order valence-corrected chi connectivity index (χ3v) is 5.02. The molecule has 0 amide bonds. The number of ketones is 1. The summed E-state index contributed by atoms with van der Waals surface area (Å²) in [5.41, 5.74) is 4.03. The molecule has 0 N–H and O–H groups in total. The van der Waals surface area contributed by atoms with Gasteiger partial charge >= 0.3 is 0 Å². The van der Waals surface area contributed by atoms with Gasteiger partial charge in [0.05, 0.1) is 17.6 Å². The number of aromatic nitrogens is 2. The number of carbonyl (C=O) groups is 1. The number of rotatable bonds is 7. The van der Waals surface area contributed by atoms with Crippen molar-refractivity contribution in [3.05, 3.63) is 46.8 Å². The second-order valence-electron chi connectivity index (χ2n) is 5.70. The van der Waals surface area contributed by atoms with E-state index in [1.807, 2.05) is 45.0 Å². The molecule has 0 aliphatic carbocycles. The summed E-state index contributed by atoms with van der Waals surface area (Å²) in [6.45, 7) is 9.38. The van der Waals surface area contributed by atoms with E-state index in [2.05, 4.69) is 16.5 Å².